The molecule has 1 aromatic carbocycles. The van der Waals surface area contributed by atoms with E-state index in [0.29, 0.717) is 16.8 Å². The van der Waals surface area contributed by atoms with Crippen molar-refractivity contribution in [3.63, 3.8) is 0 Å². The van der Waals surface area contributed by atoms with Crippen molar-refractivity contribution >= 4 is 29.1 Å². The molecule has 0 spiro atoms. The molecule has 0 fully saturated rings. The molecule has 0 aliphatic carbocycles. The fourth-order valence-corrected chi connectivity index (χ4v) is 1.91. The second-order valence-corrected chi connectivity index (χ2v) is 5.12. The minimum atomic E-state index is -0.732. The average molecular weight is 328 g/mol. The number of esters is 1. The number of amides is 1. The van der Waals surface area contributed by atoms with E-state index in [1.54, 1.807) is 24.3 Å². The molecule has 1 heterocycles. The molecule has 0 unspecified atom stereocenters. The molecule has 7 nitrogen and oxygen atoms in total. The molecule has 1 aromatic heterocycles. The zero-order chi connectivity index (χ0) is 17.7. The van der Waals surface area contributed by atoms with Crippen LogP contribution in [0.25, 0.3) is 0 Å². The number of nitrogens with one attached hydrogen (secondary N) is 2. The number of aromatic nitrogens is 1. The Morgan fingerprint density at radius 1 is 1.00 bits per heavy atom. The number of hydrogen-bond donors (Lipinski definition) is 2. The van der Waals surface area contributed by atoms with Gasteiger partial charge in [0.2, 0.25) is 0 Å². The summed E-state index contributed by atoms with van der Waals surface area (Å²) in [4.78, 5) is 48.5. The van der Waals surface area contributed by atoms with Gasteiger partial charge in [0, 0.05) is 23.0 Å². The molecule has 0 atom stereocenters. The number of hydrogen-bond acceptors (Lipinski definition) is 5. The highest BCUT2D eigenvalue weighted by molar-refractivity contribution is 5.99. The smallest absolute Gasteiger partial charge is 0.355 e. The van der Waals surface area contributed by atoms with E-state index in [4.69, 9.17) is 4.74 Å². The maximum atomic E-state index is 11.8. The fraction of sp³-hybridized carbons (Fsp3) is 0.176. The minimum Gasteiger partial charge on any atom is -0.451 e. The summed E-state index contributed by atoms with van der Waals surface area (Å²) in [5, 5.41) is 2.55. The highest BCUT2D eigenvalue weighted by Gasteiger charge is 2.14. The number of ketones is 2. The molecule has 0 aliphatic rings. The van der Waals surface area contributed by atoms with Crippen LogP contribution in [0.2, 0.25) is 0 Å². The van der Waals surface area contributed by atoms with Crippen LogP contribution in [0.1, 0.15) is 45.1 Å². The van der Waals surface area contributed by atoms with Crippen molar-refractivity contribution in [2.45, 2.75) is 13.8 Å². The molecule has 2 N–H and O–H groups in total. The number of carbonyl (C=O) groups is 4. The van der Waals surface area contributed by atoms with Gasteiger partial charge in [-0.05, 0) is 44.2 Å². The van der Waals surface area contributed by atoms with Crippen molar-refractivity contribution in [3.05, 3.63) is 53.3 Å². The highest BCUT2D eigenvalue weighted by Crippen LogP contribution is 2.10. The lowest BCUT2D eigenvalue weighted by Gasteiger charge is -2.06. The van der Waals surface area contributed by atoms with E-state index < -0.39 is 18.5 Å². The topological polar surface area (TPSA) is 105 Å². The van der Waals surface area contributed by atoms with Crippen LogP contribution in [0, 0.1) is 0 Å². The Morgan fingerprint density at radius 2 is 1.62 bits per heavy atom. The predicted octanol–water partition coefficient (Wildman–Crippen LogP) is 2.22. The molecular formula is C17H16N2O5. The zero-order valence-corrected chi connectivity index (χ0v) is 13.2. The number of carbonyl (C=O) groups excluding carboxylic acids is 4. The molecule has 0 saturated heterocycles. The minimum absolute atomic E-state index is 0.0716. The summed E-state index contributed by atoms with van der Waals surface area (Å²) in [7, 11) is 0. The molecule has 0 bridgehead atoms. The molecule has 24 heavy (non-hydrogen) atoms. The Hall–Kier alpha value is -3.22. The van der Waals surface area contributed by atoms with Gasteiger partial charge in [-0.3, -0.25) is 14.4 Å². The van der Waals surface area contributed by atoms with Gasteiger partial charge >= 0.3 is 5.97 Å². The molecule has 2 aromatic rings. The average Bonchev–Trinajstić information content (AvgIpc) is 3.03. The lowest BCUT2D eigenvalue weighted by atomic mass is 10.1. The second kappa shape index (κ2) is 7.36. The van der Waals surface area contributed by atoms with Crippen molar-refractivity contribution in [2.75, 3.05) is 11.9 Å². The van der Waals surface area contributed by atoms with Crippen molar-refractivity contribution in [1.29, 1.82) is 0 Å². The van der Waals surface area contributed by atoms with Crippen LogP contribution in [-0.4, -0.2) is 35.0 Å². The Kier molecular flexibility index (Phi) is 5.26. The van der Waals surface area contributed by atoms with Crippen LogP contribution >= 0.6 is 0 Å². The summed E-state index contributed by atoms with van der Waals surface area (Å²) in [6.45, 7) is 2.36. The number of Topliss-reactive ketones (excluding diaryl/α,β-unsaturated/α-hetero) is 2. The van der Waals surface area contributed by atoms with Gasteiger partial charge in [-0.2, -0.15) is 0 Å². The van der Waals surface area contributed by atoms with E-state index >= 15 is 0 Å². The van der Waals surface area contributed by atoms with Gasteiger partial charge in [0.15, 0.2) is 18.2 Å². The van der Waals surface area contributed by atoms with Gasteiger partial charge in [0.05, 0.1) is 0 Å². The Bertz CT molecular complexity index is 790. The first-order valence-electron chi connectivity index (χ1n) is 7.14. The molecule has 7 heteroatoms. The van der Waals surface area contributed by atoms with E-state index in [9.17, 15) is 19.2 Å². The summed E-state index contributed by atoms with van der Waals surface area (Å²) in [6.07, 6.45) is 1.40. The van der Waals surface area contributed by atoms with Gasteiger partial charge < -0.3 is 15.0 Å². The lowest BCUT2D eigenvalue weighted by molar-refractivity contribution is -0.119. The van der Waals surface area contributed by atoms with Crippen LogP contribution in [0.3, 0.4) is 0 Å². The zero-order valence-electron chi connectivity index (χ0n) is 13.2. The number of ether oxygens (including phenoxy) is 1. The van der Waals surface area contributed by atoms with Crippen LogP contribution in [-0.2, 0) is 9.53 Å². The second-order valence-electron chi connectivity index (χ2n) is 5.12. The maximum Gasteiger partial charge on any atom is 0.355 e. The van der Waals surface area contributed by atoms with E-state index in [2.05, 4.69) is 10.3 Å². The summed E-state index contributed by atoms with van der Waals surface area (Å²) in [5.41, 5.74) is 1.48. The first-order chi connectivity index (χ1) is 11.4. The third-order valence-electron chi connectivity index (χ3n) is 3.22. The van der Waals surface area contributed by atoms with E-state index in [1.165, 1.54) is 26.1 Å². The molecule has 0 saturated carbocycles. The lowest BCUT2D eigenvalue weighted by Crippen LogP contribution is -2.21. The van der Waals surface area contributed by atoms with Gasteiger partial charge in [-0.25, -0.2) is 4.79 Å². The Balaban J connectivity index is 1.86. The number of benzene rings is 1. The van der Waals surface area contributed by atoms with Crippen molar-refractivity contribution in [3.8, 4) is 0 Å². The molecule has 2 rings (SSSR count). The van der Waals surface area contributed by atoms with Crippen LogP contribution in [0.15, 0.2) is 36.5 Å². The summed E-state index contributed by atoms with van der Waals surface area (Å²) in [6, 6.07) is 7.71. The summed E-state index contributed by atoms with van der Waals surface area (Å²) in [5.74, 6) is -1.50. The number of aromatic amines is 1. The van der Waals surface area contributed by atoms with Gasteiger partial charge in [-0.15, -0.1) is 0 Å². The summed E-state index contributed by atoms with van der Waals surface area (Å²) >= 11 is 0. The van der Waals surface area contributed by atoms with E-state index in [-0.39, 0.29) is 17.3 Å². The van der Waals surface area contributed by atoms with Gasteiger partial charge in [0.25, 0.3) is 5.91 Å². The molecule has 1 amide bonds. The predicted molar refractivity (Wildman–Crippen MR) is 86.2 cm³/mol. The maximum absolute atomic E-state index is 11.8. The summed E-state index contributed by atoms with van der Waals surface area (Å²) < 4.78 is 4.87. The van der Waals surface area contributed by atoms with E-state index in [1.807, 2.05) is 0 Å². The highest BCUT2D eigenvalue weighted by atomic mass is 16.5. The van der Waals surface area contributed by atoms with Crippen LogP contribution in [0.4, 0.5) is 5.69 Å². The van der Waals surface area contributed by atoms with Crippen LogP contribution in [0.5, 0.6) is 0 Å². The third-order valence-corrected chi connectivity index (χ3v) is 3.22. The standard InChI is InChI=1S/C17H16N2O5/c1-10(20)12-3-5-14(6-4-12)19-16(22)9-24-17(23)15-7-13(8-18-15)11(2)21/h3-8,18H,9H2,1-2H3,(H,19,22). The van der Waals surface area contributed by atoms with Crippen molar-refractivity contribution in [2.24, 2.45) is 0 Å². The molecule has 0 aliphatic heterocycles. The van der Waals surface area contributed by atoms with Crippen molar-refractivity contribution < 1.29 is 23.9 Å². The first kappa shape index (κ1) is 17.1. The van der Waals surface area contributed by atoms with E-state index in [0.717, 1.165) is 0 Å². The van der Waals surface area contributed by atoms with Crippen LogP contribution < -0.4 is 5.32 Å². The largest absolute Gasteiger partial charge is 0.451 e. The number of rotatable bonds is 6. The number of H-pyrrole nitrogens is 1. The quantitative estimate of drug-likeness (QED) is 0.625. The van der Waals surface area contributed by atoms with Gasteiger partial charge in [-0.1, -0.05) is 0 Å². The van der Waals surface area contributed by atoms with Gasteiger partial charge in [0.1, 0.15) is 5.69 Å². The Morgan fingerprint density at radius 3 is 2.17 bits per heavy atom. The molecular weight excluding hydrogens is 312 g/mol. The normalized spacial score (nSPS) is 10.1. The molecule has 0 radical (unpaired) electrons. The molecule has 124 valence electrons. The first-order valence-corrected chi connectivity index (χ1v) is 7.14. The SMILES string of the molecule is CC(=O)c1ccc(NC(=O)COC(=O)c2cc(C(C)=O)c[nH]2)cc1. The monoisotopic (exact) mass is 328 g/mol. The fourth-order valence-electron chi connectivity index (χ4n) is 1.91. The Labute approximate surface area is 138 Å². The van der Waals surface area contributed by atoms with Crippen molar-refractivity contribution in [1.82, 2.24) is 4.98 Å². The third kappa shape index (κ3) is 4.39. The number of anilines is 1.